The number of hydrogen-bond acceptors (Lipinski definition) is 10. The van der Waals surface area contributed by atoms with Gasteiger partial charge in [0.2, 0.25) is 0 Å². The fraction of sp³-hybridized carbons (Fsp3) is 0.385. The topological polar surface area (TPSA) is 125 Å². The molecule has 1 aromatic carbocycles. The van der Waals surface area contributed by atoms with Crippen LogP contribution < -0.4 is 26.0 Å². The molecule has 1 saturated heterocycles. The SMILES string of the molecule is COCCOCCOc1ccc2c(c1)n(C)c(=O)n2-c1nc(C(=O)Nc2cnccc2N2CCNCC2)cs1. The Morgan fingerprint density at radius 1 is 1.13 bits per heavy atom. The van der Waals surface area contributed by atoms with Crippen molar-refractivity contribution in [3.63, 3.8) is 0 Å². The van der Waals surface area contributed by atoms with E-state index in [9.17, 15) is 9.59 Å². The highest BCUT2D eigenvalue weighted by molar-refractivity contribution is 7.12. The monoisotopic (exact) mass is 553 g/mol. The second kappa shape index (κ2) is 12.4. The summed E-state index contributed by atoms with van der Waals surface area (Å²) in [6, 6.07) is 7.32. The third-order valence-corrected chi connectivity index (χ3v) is 7.20. The Kier molecular flexibility index (Phi) is 8.51. The highest BCUT2D eigenvalue weighted by Gasteiger charge is 2.20. The first kappa shape index (κ1) is 26.8. The number of piperazine rings is 1. The summed E-state index contributed by atoms with van der Waals surface area (Å²) in [7, 11) is 3.32. The van der Waals surface area contributed by atoms with Gasteiger partial charge in [-0.15, -0.1) is 11.3 Å². The van der Waals surface area contributed by atoms with Gasteiger partial charge >= 0.3 is 5.69 Å². The number of nitrogens with zero attached hydrogens (tertiary/aromatic N) is 5. The van der Waals surface area contributed by atoms with E-state index in [-0.39, 0.29) is 17.3 Å². The summed E-state index contributed by atoms with van der Waals surface area (Å²) in [5, 5.41) is 8.33. The number of methoxy groups -OCH3 is 1. The number of carbonyl (C=O) groups is 1. The molecule has 0 unspecified atom stereocenters. The van der Waals surface area contributed by atoms with E-state index in [4.69, 9.17) is 14.2 Å². The summed E-state index contributed by atoms with van der Waals surface area (Å²) < 4.78 is 19.2. The van der Waals surface area contributed by atoms with Crippen LogP contribution in [0.25, 0.3) is 16.2 Å². The number of rotatable bonds is 11. The molecule has 206 valence electrons. The Labute approximate surface area is 229 Å². The van der Waals surface area contributed by atoms with E-state index in [1.54, 1.807) is 38.0 Å². The minimum Gasteiger partial charge on any atom is -0.491 e. The van der Waals surface area contributed by atoms with Crippen LogP contribution in [0.3, 0.4) is 0 Å². The molecule has 0 spiro atoms. The molecule has 12 nitrogen and oxygen atoms in total. The van der Waals surface area contributed by atoms with Crippen molar-refractivity contribution in [2.24, 2.45) is 7.05 Å². The van der Waals surface area contributed by atoms with Gasteiger partial charge in [0.25, 0.3) is 5.91 Å². The maximum absolute atomic E-state index is 13.2. The molecule has 2 N–H and O–H groups in total. The molecule has 1 aliphatic heterocycles. The van der Waals surface area contributed by atoms with Crippen molar-refractivity contribution in [1.29, 1.82) is 0 Å². The van der Waals surface area contributed by atoms with Crippen LogP contribution in [0.1, 0.15) is 10.5 Å². The van der Waals surface area contributed by atoms with Gasteiger partial charge < -0.3 is 29.7 Å². The lowest BCUT2D eigenvalue weighted by atomic mass is 10.2. The smallest absolute Gasteiger partial charge is 0.335 e. The zero-order valence-corrected chi connectivity index (χ0v) is 22.7. The van der Waals surface area contributed by atoms with Crippen molar-refractivity contribution in [2.45, 2.75) is 0 Å². The first-order chi connectivity index (χ1) is 19.1. The molecule has 1 aliphatic rings. The predicted molar refractivity (Wildman–Crippen MR) is 150 cm³/mol. The minimum absolute atomic E-state index is 0.224. The van der Waals surface area contributed by atoms with Crippen molar-refractivity contribution < 1.29 is 19.0 Å². The van der Waals surface area contributed by atoms with Gasteiger partial charge in [-0.3, -0.25) is 14.3 Å². The van der Waals surface area contributed by atoms with Crippen molar-refractivity contribution >= 4 is 39.7 Å². The molecule has 4 heterocycles. The summed E-state index contributed by atoms with van der Waals surface area (Å²) in [4.78, 5) is 37.2. The van der Waals surface area contributed by atoms with Gasteiger partial charge in [0.15, 0.2) is 5.13 Å². The average molecular weight is 554 g/mol. The molecular weight excluding hydrogens is 522 g/mol. The Balaban J connectivity index is 1.32. The van der Waals surface area contributed by atoms with Crippen molar-refractivity contribution in [3.8, 4) is 10.9 Å². The average Bonchev–Trinajstić information content (AvgIpc) is 3.54. The van der Waals surface area contributed by atoms with E-state index < -0.39 is 0 Å². The number of nitrogens with one attached hydrogen (secondary N) is 2. The predicted octanol–water partition coefficient (Wildman–Crippen LogP) is 1.88. The Bertz CT molecular complexity index is 1490. The second-order valence-electron chi connectivity index (χ2n) is 8.88. The molecule has 0 aliphatic carbocycles. The number of aryl methyl sites for hydroxylation is 1. The van der Waals surface area contributed by atoms with Gasteiger partial charge in [-0.05, 0) is 18.2 Å². The van der Waals surface area contributed by atoms with E-state index in [2.05, 4.69) is 25.5 Å². The summed E-state index contributed by atoms with van der Waals surface area (Å²) in [5.41, 5.74) is 2.86. The molecule has 13 heteroatoms. The van der Waals surface area contributed by atoms with Crippen LogP contribution in [-0.2, 0) is 16.5 Å². The van der Waals surface area contributed by atoms with E-state index in [1.807, 2.05) is 18.2 Å². The maximum Gasteiger partial charge on any atom is 0.335 e. The van der Waals surface area contributed by atoms with Gasteiger partial charge in [0, 0.05) is 58.0 Å². The van der Waals surface area contributed by atoms with Gasteiger partial charge in [-0.1, -0.05) is 0 Å². The van der Waals surface area contributed by atoms with Crippen molar-refractivity contribution in [1.82, 2.24) is 24.4 Å². The molecule has 4 aromatic rings. The minimum atomic E-state index is -0.362. The lowest BCUT2D eigenvalue weighted by molar-refractivity contribution is 0.0544. The summed E-state index contributed by atoms with van der Waals surface area (Å²) in [5.74, 6) is 0.264. The largest absolute Gasteiger partial charge is 0.491 e. The standard InChI is InChI=1S/C26H31N7O5S/c1-31-23-15-18(38-14-13-37-12-11-36-2)3-4-22(23)33(26(31)35)25-30-20(17-39-25)24(34)29-19-16-28-6-5-21(19)32-9-7-27-8-10-32/h3-6,15-17,27H,7-14H2,1-2H3,(H,29,34). The number of amides is 1. The highest BCUT2D eigenvalue weighted by atomic mass is 32.1. The fourth-order valence-corrected chi connectivity index (χ4v) is 5.19. The molecule has 0 radical (unpaired) electrons. The van der Waals surface area contributed by atoms with E-state index in [0.717, 1.165) is 31.9 Å². The number of pyridine rings is 1. The zero-order chi connectivity index (χ0) is 27.2. The number of fused-ring (bicyclic) bond motifs is 1. The normalized spacial score (nSPS) is 13.6. The van der Waals surface area contributed by atoms with Gasteiger partial charge in [0.05, 0.1) is 48.4 Å². The summed E-state index contributed by atoms with van der Waals surface area (Å²) in [6.07, 6.45) is 3.36. The van der Waals surface area contributed by atoms with Crippen LogP contribution in [0.15, 0.2) is 46.8 Å². The highest BCUT2D eigenvalue weighted by Crippen LogP contribution is 2.27. The number of benzene rings is 1. The fourth-order valence-electron chi connectivity index (χ4n) is 4.38. The molecule has 3 aromatic heterocycles. The van der Waals surface area contributed by atoms with Crippen LogP contribution in [0.5, 0.6) is 5.75 Å². The van der Waals surface area contributed by atoms with E-state index in [0.29, 0.717) is 54.0 Å². The number of anilines is 2. The quantitative estimate of drug-likeness (QED) is 0.268. The maximum atomic E-state index is 13.2. The number of imidazole rings is 1. The number of ether oxygens (including phenoxy) is 3. The van der Waals surface area contributed by atoms with Crippen molar-refractivity contribution in [3.05, 3.63) is 58.2 Å². The van der Waals surface area contributed by atoms with E-state index >= 15 is 0 Å². The first-order valence-corrected chi connectivity index (χ1v) is 13.5. The number of carbonyl (C=O) groups excluding carboxylic acids is 1. The van der Waals surface area contributed by atoms with Crippen LogP contribution in [0, 0.1) is 0 Å². The number of thiazole rings is 1. The van der Waals surface area contributed by atoms with Crippen LogP contribution >= 0.6 is 11.3 Å². The lowest BCUT2D eigenvalue weighted by Crippen LogP contribution is -2.43. The molecule has 0 atom stereocenters. The zero-order valence-electron chi connectivity index (χ0n) is 21.9. The molecule has 0 saturated carbocycles. The summed E-state index contributed by atoms with van der Waals surface area (Å²) >= 11 is 1.23. The number of aromatic nitrogens is 4. The van der Waals surface area contributed by atoms with Crippen LogP contribution in [0.4, 0.5) is 11.4 Å². The molecule has 1 fully saturated rings. The molecule has 0 bridgehead atoms. The molecular formula is C26H31N7O5S. The van der Waals surface area contributed by atoms with Gasteiger partial charge in [0.1, 0.15) is 18.1 Å². The van der Waals surface area contributed by atoms with E-state index in [1.165, 1.54) is 20.5 Å². The van der Waals surface area contributed by atoms with Gasteiger partial charge in [-0.25, -0.2) is 14.3 Å². The lowest BCUT2D eigenvalue weighted by Gasteiger charge is -2.30. The van der Waals surface area contributed by atoms with Crippen LogP contribution in [-0.4, -0.2) is 84.7 Å². The summed E-state index contributed by atoms with van der Waals surface area (Å²) in [6.45, 7) is 5.28. The first-order valence-electron chi connectivity index (χ1n) is 12.6. The molecule has 1 amide bonds. The third kappa shape index (κ3) is 5.96. The van der Waals surface area contributed by atoms with Crippen molar-refractivity contribution in [2.75, 3.05) is 69.9 Å². The van der Waals surface area contributed by atoms with Gasteiger partial charge in [-0.2, -0.15) is 0 Å². The number of hydrogen-bond donors (Lipinski definition) is 2. The van der Waals surface area contributed by atoms with Crippen LogP contribution in [0.2, 0.25) is 0 Å². The molecule has 5 rings (SSSR count). The Morgan fingerprint density at radius 3 is 2.77 bits per heavy atom. The Hall–Kier alpha value is -3.78. The second-order valence-corrected chi connectivity index (χ2v) is 9.72. The Morgan fingerprint density at radius 2 is 1.95 bits per heavy atom. The third-order valence-electron chi connectivity index (χ3n) is 6.38. The molecule has 39 heavy (non-hydrogen) atoms.